The van der Waals surface area contributed by atoms with Gasteiger partial charge in [0.2, 0.25) is 0 Å². The number of morpholine rings is 1. The Kier molecular flexibility index (Phi) is 4.98. The molecule has 0 saturated carbocycles. The van der Waals surface area contributed by atoms with Crippen molar-refractivity contribution in [2.75, 3.05) is 38.6 Å². The maximum absolute atomic E-state index is 12.2. The Morgan fingerprint density at radius 3 is 2.75 bits per heavy atom. The number of hydrogen-bond donors (Lipinski definition) is 2. The van der Waals surface area contributed by atoms with Crippen LogP contribution in [0.5, 0.6) is 0 Å². The average Bonchev–Trinajstić information content (AvgIpc) is 2.38. The topological polar surface area (TPSA) is 67.6 Å². The Labute approximate surface area is 120 Å². The molecule has 1 aromatic rings. The summed E-state index contributed by atoms with van der Waals surface area (Å²) in [5, 5.41) is 3.02. The van der Waals surface area contributed by atoms with Crippen molar-refractivity contribution in [2.45, 2.75) is 19.9 Å². The zero-order chi connectivity index (χ0) is 14.5. The molecule has 0 aromatic heterocycles. The van der Waals surface area contributed by atoms with E-state index in [-0.39, 0.29) is 11.9 Å². The predicted molar refractivity (Wildman–Crippen MR) is 79.8 cm³/mol. The van der Waals surface area contributed by atoms with Gasteiger partial charge in [-0.1, -0.05) is 0 Å². The summed E-state index contributed by atoms with van der Waals surface area (Å²) in [7, 11) is 0. The summed E-state index contributed by atoms with van der Waals surface area (Å²) in [5.41, 5.74) is 8.01. The number of nitrogens with one attached hydrogen (secondary N) is 1. The molecule has 5 nitrogen and oxygen atoms in total. The van der Waals surface area contributed by atoms with Gasteiger partial charge >= 0.3 is 0 Å². The molecule has 1 aromatic carbocycles. The van der Waals surface area contributed by atoms with E-state index in [1.54, 1.807) is 6.07 Å². The Balaban J connectivity index is 1.89. The number of carbonyl (C=O) groups is 1. The molecule has 1 unspecified atom stereocenters. The number of hydrogen-bond acceptors (Lipinski definition) is 4. The van der Waals surface area contributed by atoms with E-state index in [9.17, 15) is 4.79 Å². The van der Waals surface area contributed by atoms with Crippen molar-refractivity contribution in [1.82, 2.24) is 10.2 Å². The minimum atomic E-state index is -0.0684. The van der Waals surface area contributed by atoms with E-state index >= 15 is 0 Å². The first-order valence-electron chi connectivity index (χ1n) is 7.03. The minimum absolute atomic E-state index is 0.0684. The molecule has 110 valence electrons. The lowest BCUT2D eigenvalue weighted by molar-refractivity contribution is 0.0342. The first kappa shape index (κ1) is 14.8. The zero-order valence-corrected chi connectivity index (χ0v) is 12.2. The number of ether oxygens (including phenoxy) is 1. The second-order valence-corrected chi connectivity index (χ2v) is 5.42. The third-order valence-corrected chi connectivity index (χ3v) is 3.38. The number of nitrogens with zero attached hydrogens (tertiary/aromatic N) is 1. The summed E-state index contributed by atoms with van der Waals surface area (Å²) >= 11 is 0. The van der Waals surface area contributed by atoms with E-state index in [1.807, 2.05) is 26.0 Å². The third kappa shape index (κ3) is 4.21. The van der Waals surface area contributed by atoms with Gasteiger partial charge in [0.1, 0.15) is 0 Å². The van der Waals surface area contributed by atoms with Crippen LogP contribution in [0.1, 0.15) is 22.8 Å². The van der Waals surface area contributed by atoms with E-state index in [1.165, 1.54) is 0 Å². The summed E-state index contributed by atoms with van der Waals surface area (Å²) in [5.74, 6) is -0.0684. The summed E-state index contributed by atoms with van der Waals surface area (Å²) in [6.07, 6.45) is 0. The van der Waals surface area contributed by atoms with Crippen LogP contribution in [-0.2, 0) is 4.74 Å². The van der Waals surface area contributed by atoms with Gasteiger partial charge in [0.25, 0.3) is 5.91 Å². The van der Waals surface area contributed by atoms with Gasteiger partial charge < -0.3 is 15.8 Å². The van der Waals surface area contributed by atoms with Gasteiger partial charge in [0.05, 0.1) is 13.2 Å². The van der Waals surface area contributed by atoms with Gasteiger partial charge in [-0.2, -0.15) is 0 Å². The van der Waals surface area contributed by atoms with Gasteiger partial charge in [-0.25, -0.2) is 0 Å². The molecule has 1 aliphatic heterocycles. The van der Waals surface area contributed by atoms with Gasteiger partial charge in [-0.15, -0.1) is 0 Å². The molecule has 5 heteroatoms. The number of aryl methyl sites for hydroxylation is 1. The van der Waals surface area contributed by atoms with E-state index in [4.69, 9.17) is 10.5 Å². The average molecular weight is 277 g/mol. The second-order valence-electron chi connectivity index (χ2n) is 5.42. The molecule has 1 atom stereocenters. The molecular weight excluding hydrogens is 254 g/mol. The zero-order valence-electron chi connectivity index (χ0n) is 12.2. The third-order valence-electron chi connectivity index (χ3n) is 3.38. The normalized spacial score (nSPS) is 17.7. The van der Waals surface area contributed by atoms with Crippen LogP contribution in [0, 0.1) is 6.92 Å². The first-order chi connectivity index (χ1) is 9.54. The summed E-state index contributed by atoms with van der Waals surface area (Å²) in [6, 6.07) is 5.52. The van der Waals surface area contributed by atoms with Crippen LogP contribution < -0.4 is 11.1 Å². The summed E-state index contributed by atoms with van der Waals surface area (Å²) in [6.45, 7) is 8.20. The number of anilines is 1. The molecule has 0 aliphatic carbocycles. The van der Waals surface area contributed by atoms with E-state index < -0.39 is 0 Å². The van der Waals surface area contributed by atoms with Gasteiger partial charge in [-0.3, -0.25) is 9.69 Å². The molecule has 1 fully saturated rings. The Morgan fingerprint density at radius 1 is 1.40 bits per heavy atom. The van der Waals surface area contributed by atoms with Crippen molar-refractivity contribution in [1.29, 1.82) is 0 Å². The van der Waals surface area contributed by atoms with E-state index in [2.05, 4.69) is 10.2 Å². The molecule has 3 N–H and O–H groups in total. The molecular formula is C15H23N3O2. The monoisotopic (exact) mass is 277 g/mol. The van der Waals surface area contributed by atoms with Crippen molar-refractivity contribution in [3.05, 3.63) is 29.3 Å². The van der Waals surface area contributed by atoms with Crippen LogP contribution in [-0.4, -0.2) is 49.7 Å². The van der Waals surface area contributed by atoms with Gasteiger partial charge in [0.15, 0.2) is 0 Å². The first-order valence-corrected chi connectivity index (χ1v) is 7.03. The van der Waals surface area contributed by atoms with Crippen LogP contribution in [0.3, 0.4) is 0 Å². The van der Waals surface area contributed by atoms with E-state index in [0.717, 1.165) is 38.4 Å². The number of benzene rings is 1. The number of nitrogen functional groups attached to an aromatic ring is 1. The Hall–Kier alpha value is -1.59. The smallest absolute Gasteiger partial charge is 0.251 e. The largest absolute Gasteiger partial charge is 0.399 e. The Morgan fingerprint density at radius 2 is 2.10 bits per heavy atom. The number of carbonyl (C=O) groups excluding carboxylic acids is 1. The second kappa shape index (κ2) is 6.72. The minimum Gasteiger partial charge on any atom is -0.399 e. The molecule has 2 rings (SSSR count). The van der Waals surface area contributed by atoms with Gasteiger partial charge in [-0.05, 0) is 37.6 Å². The van der Waals surface area contributed by atoms with Crippen LogP contribution in [0.2, 0.25) is 0 Å². The number of nitrogens with two attached hydrogens (primary N) is 1. The molecule has 0 bridgehead atoms. The molecule has 20 heavy (non-hydrogen) atoms. The molecule has 1 heterocycles. The molecule has 1 aliphatic rings. The van der Waals surface area contributed by atoms with Crippen LogP contribution in [0.15, 0.2) is 18.2 Å². The van der Waals surface area contributed by atoms with Crippen LogP contribution in [0.4, 0.5) is 5.69 Å². The highest BCUT2D eigenvalue weighted by Gasteiger charge is 2.16. The molecule has 1 amide bonds. The van der Waals surface area contributed by atoms with E-state index in [0.29, 0.717) is 11.3 Å². The highest BCUT2D eigenvalue weighted by molar-refractivity contribution is 5.95. The lowest BCUT2D eigenvalue weighted by Crippen LogP contribution is -2.46. The fraction of sp³-hybridized carbons (Fsp3) is 0.533. The van der Waals surface area contributed by atoms with Crippen LogP contribution >= 0.6 is 0 Å². The highest BCUT2D eigenvalue weighted by Crippen LogP contribution is 2.11. The maximum Gasteiger partial charge on any atom is 0.251 e. The van der Waals surface area contributed by atoms with Crippen molar-refractivity contribution < 1.29 is 9.53 Å². The standard InChI is InChI=1S/C15H23N3O2/c1-11-7-13(9-14(16)8-11)15(19)17-12(2)10-18-3-5-20-6-4-18/h7-9,12H,3-6,10,16H2,1-2H3,(H,17,19). The predicted octanol–water partition coefficient (Wildman–Crippen LogP) is 1.03. The fourth-order valence-corrected chi connectivity index (χ4v) is 2.47. The lowest BCUT2D eigenvalue weighted by atomic mass is 10.1. The fourth-order valence-electron chi connectivity index (χ4n) is 2.47. The van der Waals surface area contributed by atoms with Crippen molar-refractivity contribution >= 4 is 11.6 Å². The summed E-state index contributed by atoms with van der Waals surface area (Å²) in [4.78, 5) is 14.5. The number of amides is 1. The maximum atomic E-state index is 12.2. The number of rotatable bonds is 4. The molecule has 1 saturated heterocycles. The van der Waals surface area contributed by atoms with Crippen LogP contribution in [0.25, 0.3) is 0 Å². The van der Waals surface area contributed by atoms with Gasteiger partial charge in [0, 0.05) is 36.9 Å². The quantitative estimate of drug-likeness (QED) is 0.807. The highest BCUT2D eigenvalue weighted by atomic mass is 16.5. The molecule has 0 radical (unpaired) electrons. The summed E-state index contributed by atoms with van der Waals surface area (Å²) < 4.78 is 5.32. The lowest BCUT2D eigenvalue weighted by Gasteiger charge is -2.29. The molecule has 0 spiro atoms. The van der Waals surface area contributed by atoms with Crippen molar-refractivity contribution in [3.8, 4) is 0 Å². The SMILES string of the molecule is Cc1cc(N)cc(C(=O)NC(C)CN2CCOCC2)c1. The van der Waals surface area contributed by atoms with Crippen molar-refractivity contribution in [2.24, 2.45) is 0 Å². The Bertz CT molecular complexity index is 450. The van der Waals surface area contributed by atoms with Crippen molar-refractivity contribution in [3.63, 3.8) is 0 Å².